The van der Waals surface area contributed by atoms with Gasteiger partial charge in [0.1, 0.15) is 6.33 Å². The molecule has 2 aromatic carbocycles. The number of hydrogen-bond acceptors (Lipinski definition) is 6. The van der Waals surface area contributed by atoms with Crippen LogP contribution in [0.1, 0.15) is 17.5 Å². The summed E-state index contributed by atoms with van der Waals surface area (Å²) >= 11 is 1.29. The summed E-state index contributed by atoms with van der Waals surface area (Å²) in [5.74, 6) is 0.358. The minimum Gasteiger partial charge on any atom is -0.320 e. The van der Waals surface area contributed by atoms with Crippen molar-refractivity contribution in [2.45, 2.75) is 29.7 Å². The molecule has 0 saturated heterocycles. The number of fused-ring (bicyclic) bond motifs is 1. The lowest BCUT2D eigenvalue weighted by Crippen LogP contribution is -2.26. The molecule has 2 heterocycles. The Morgan fingerprint density at radius 2 is 1.89 bits per heavy atom. The Labute approximate surface area is 161 Å². The van der Waals surface area contributed by atoms with Crippen LogP contribution >= 0.6 is 11.8 Å². The monoisotopic (exact) mass is 378 g/mol. The maximum absolute atomic E-state index is 11.9. The number of aryl methyl sites for hydroxylation is 2. The molecule has 136 valence electrons. The maximum atomic E-state index is 11.9. The molecule has 0 radical (unpaired) electrons. The molecule has 0 saturated carbocycles. The Bertz CT molecular complexity index is 992. The van der Waals surface area contributed by atoms with E-state index >= 15 is 0 Å². The van der Waals surface area contributed by atoms with Crippen molar-refractivity contribution >= 4 is 29.0 Å². The van der Waals surface area contributed by atoms with Gasteiger partial charge in [0.05, 0.1) is 4.92 Å². The van der Waals surface area contributed by atoms with Gasteiger partial charge in [-0.15, -0.1) is 0 Å². The summed E-state index contributed by atoms with van der Waals surface area (Å²) < 4.78 is 0. The van der Waals surface area contributed by atoms with E-state index in [0.717, 1.165) is 29.0 Å². The van der Waals surface area contributed by atoms with Gasteiger partial charge in [-0.1, -0.05) is 47.7 Å². The molecule has 1 aliphatic rings. The second-order valence-electron chi connectivity index (χ2n) is 6.41. The summed E-state index contributed by atoms with van der Waals surface area (Å²) in [4.78, 5) is 22.9. The zero-order valence-electron chi connectivity index (χ0n) is 14.8. The normalized spacial score (nSPS) is 13.3. The highest BCUT2D eigenvalue weighted by Gasteiger charge is 2.30. The molecule has 27 heavy (non-hydrogen) atoms. The highest BCUT2D eigenvalue weighted by Crippen LogP contribution is 2.42. The standard InChI is InChI=1S/C20H18N4O2S/c1-14-8-10-16(11-9-14)27-20-18(24(25)26)19(21-13-22-20)23-12-4-6-15-5-2-3-7-17(15)23/h2-3,5,7-11,13H,4,6,12H2,1H3. The molecule has 7 heteroatoms. The van der Waals surface area contributed by atoms with E-state index < -0.39 is 0 Å². The van der Waals surface area contributed by atoms with Gasteiger partial charge in [-0.3, -0.25) is 10.1 Å². The van der Waals surface area contributed by atoms with Crippen LogP contribution in [-0.2, 0) is 6.42 Å². The van der Waals surface area contributed by atoms with Gasteiger partial charge in [0.15, 0.2) is 5.03 Å². The molecule has 0 bridgehead atoms. The number of anilines is 2. The van der Waals surface area contributed by atoms with Crippen LogP contribution in [0.5, 0.6) is 0 Å². The quantitative estimate of drug-likeness (QED) is 0.364. The van der Waals surface area contributed by atoms with E-state index in [-0.39, 0.29) is 10.6 Å². The van der Waals surface area contributed by atoms with Crippen LogP contribution in [0.15, 0.2) is 64.8 Å². The molecule has 1 aromatic heterocycles. The van der Waals surface area contributed by atoms with Gasteiger partial charge in [0, 0.05) is 17.1 Å². The summed E-state index contributed by atoms with van der Waals surface area (Å²) in [6.07, 6.45) is 3.31. The summed E-state index contributed by atoms with van der Waals surface area (Å²) in [5.41, 5.74) is 3.27. The zero-order valence-corrected chi connectivity index (χ0v) is 15.6. The first-order valence-electron chi connectivity index (χ1n) is 8.73. The van der Waals surface area contributed by atoms with Crippen LogP contribution in [0.4, 0.5) is 17.2 Å². The van der Waals surface area contributed by atoms with Gasteiger partial charge in [0.25, 0.3) is 0 Å². The van der Waals surface area contributed by atoms with Crippen molar-refractivity contribution in [1.82, 2.24) is 9.97 Å². The van der Waals surface area contributed by atoms with Crippen molar-refractivity contribution in [3.63, 3.8) is 0 Å². The van der Waals surface area contributed by atoms with Crippen molar-refractivity contribution in [3.05, 3.63) is 76.1 Å². The van der Waals surface area contributed by atoms with Gasteiger partial charge in [-0.25, -0.2) is 9.97 Å². The molecule has 1 aliphatic heterocycles. The third-order valence-corrected chi connectivity index (χ3v) is 5.55. The number of aromatic nitrogens is 2. The average molecular weight is 378 g/mol. The Balaban J connectivity index is 1.78. The topological polar surface area (TPSA) is 72.2 Å². The van der Waals surface area contributed by atoms with E-state index in [4.69, 9.17) is 0 Å². The fourth-order valence-electron chi connectivity index (χ4n) is 3.26. The number of para-hydroxylation sites is 1. The van der Waals surface area contributed by atoms with Crippen LogP contribution in [0.2, 0.25) is 0 Å². The smallest absolute Gasteiger partial charge is 0.320 e. The molecule has 0 amide bonds. The second kappa shape index (κ2) is 7.36. The fourth-order valence-corrected chi connectivity index (χ4v) is 4.12. The Morgan fingerprint density at radius 3 is 2.67 bits per heavy atom. The lowest BCUT2D eigenvalue weighted by atomic mass is 10.0. The Hall–Kier alpha value is -2.93. The van der Waals surface area contributed by atoms with E-state index in [1.807, 2.05) is 54.3 Å². The highest BCUT2D eigenvalue weighted by atomic mass is 32.2. The third kappa shape index (κ3) is 3.50. The molecule has 0 fully saturated rings. The largest absolute Gasteiger partial charge is 0.344 e. The summed E-state index contributed by atoms with van der Waals surface area (Å²) in [6.45, 7) is 2.71. The van der Waals surface area contributed by atoms with Crippen LogP contribution in [0.3, 0.4) is 0 Å². The van der Waals surface area contributed by atoms with Crippen LogP contribution < -0.4 is 4.90 Å². The Morgan fingerprint density at radius 1 is 1.11 bits per heavy atom. The molecule has 0 spiro atoms. The molecule has 4 rings (SSSR count). The maximum Gasteiger partial charge on any atom is 0.344 e. The fraction of sp³-hybridized carbons (Fsp3) is 0.200. The average Bonchev–Trinajstić information content (AvgIpc) is 2.69. The minimum absolute atomic E-state index is 0.0419. The van der Waals surface area contributed by atoms with Crippen molar-refractivity contribution in [3.8, 4) is 0 Å². The van der Waals surface area contributed by atoms with Crippen LogP contribution in [0.25, 0.3) is 0 Å². The second-order valence-corrected chi connectivity index (χ2v) is 7.47. The molecule has 0 unspecified atom stereocenters. The first-order chi connectivity index (χ1) is 13.1. The molecule has 6 nitrogen and oxygen atoms in total. The van der Waals surface area contributed by atoms with E-state index in [9.17, 15) is 10.1 Å². The van der Waals surface area contributed by atoms with Crippen LogP contribution in [-0.4, -0.2) is 21.4 Å². The number of rotatable bonds is 4. The third-order valence-electron chi connectivity index (χ3n) is 4.55. The summed E-state index contributed by atoms with van der Waals surface area (Å²) in [6, 6.07) is 15.9. The molecule has 0 aliphatic carbocycles. The Kier molecular flexibility index (Phi) is 4.77. The first kappa shape index (κ1) is 17.5. The molecule has 0 atom stereocenters. The number of nitro groups is 1. The van der Waals surface area contributed by atoms with Gasteiger partial charge < -0.3 is 4.90 Å². The van der Waals surface area contributed by atoms with E-state index in [2.05, 4.69) is 16.0 Å². The summed E-state index contributed by atoms with van der Waals surface area (Å²) in [5, 5.41) is 12.3. The van der Waals surface area contributed by atoms with Gasteiger partial charge in [-0.2, -0.15) is 0 Å². The number of hydrogen-bond donors (Lipinski definition) is 0. The minimum atomic E-state index is -0.372. The molecular weight excluding hydrogens is 360 g/mol. The van der Waals surface area contributed by atoms with Crippen molar-refractivity contribution < 1.29 is 4.92 Å². The zero-order chi connectivity index (χ0) is 18.8. The van der Waals surface area contributed by atoms with Crippen molar-refractivity contribution in [2.24, 2.45) is 0 Å². The first-order valence-corrected chi connectivity index (χ1v) is 9.54. The SMILES string of the molecule is Cc1ccc(Sc2ncnc(N3CCCc4ccccc43)c2[N+](=O)[O-])cc1. The van der Waals surface area contributed by atoms with Gasteiger partial charge >= 0.3 is 5.69 Å². The number of nitrogens with zero attached hydrogens (tertiary/aromatic N) is 4. The predicted octanol–water partition coefficient (Wildman–Crippen LogP) is 4.93. The van der Waals surface area contributed by atoms with Gasteiger partial charge in [-0.05, 0) is 43.5 Å². The van der Waals surface area contributed by atoms with E-state index in [1.165, 1.54) is 23.7 Å². The van der Waals surface area contributed by atoms with Gasteiger partial charge in [0.2, 0.25) is 5.82 Å². The lowest BCUT2D eigenvalue weighted by molar-refractivity contribution is -0.387. The summed E-state index contributed by atoms with van der Waals surface area (Å²) in [7, 11) is 0. The molecule has 0 N–H and O–H groups in total. The lowest BCUT2D eigenvalue weighted by Gasteiger charge is -2.30. The number of benzene rings is 2. The highest BCUT2D eigenvalue weighted by molar-refractivity contribution is 7.99. The van der Waals surface area contributed by atoms with Crippen LogP contribution in [0, 0.1) is 17.0 Å². The van der Waals surface area contributed by atoms with Crippen molar-refractivity contribution in [2.75, 3.05) is 11.4 Å². The van der Waals surface area contributed by atoms with E-state index in [0.29, 0.717) is 17.4 Å². The van der Waals surface area contributed by atoms with E-state index in [1.54, 1.807) is 0 Å². The predicted molar refractivity (Wildman–Crippen MR) is 106 cm³/mol. The molecule has 3 aromatic rings. The molecular formula is C20H18N4O2S. The van der Waals surface area contributed by atoms with Crippen molar-refractivity contribution in [1.29, 1.82) is 0 Å².